The number of rotatable bonds is 16. The van der Waals surface area contributed by atoms with E-state index in [-0.39, 0.29) is 36.6 Å². The number of nitrogens with zero attached hydrogens (tertiary/aromatic N) is 2. The first-order valence-corrected chi connectivity index (χ1v) is 17.3. The van der Waals surface area contributed by atoms with Gasteiger partial charge in [-0.2, -0.15) is 23.1 Å². The molecule has 0 aliphatic carbocycles. The van der Waals surface area contributed by atoms with Gasteiger partial charge in [-0.25, -0.2) is 4.79 Å². The van der Waals surface area contributed by atoms with E-state index in [9.17, 15) is 22.8 Å². The van der Waals surface area contributed by atoms with Crippen LogP contribution in [0.3, 0.4) is 0 Å². The van der Waals surface area contributed by atoms with Crippen LogP contribution in [0.2, 0.25) is 0 Å². The summed E-state index contributed by atoms with van der Waals surface area (Å²) in [6, 6.07) is 15.1. The summed E-state index contributed by atoms with van der Waals surface area (Å²) in [4.78, 5) is 33.2. The van der Waals surface area contributed by atoms with Crippen LogP contribution in [0.15, 0.2) is 54.6 Å². The zero-order valence-electron chi connectivity index (χ0n) is 29.6. The van der Waals surface area contributed by atoms with Crippen LogP contribution in [0.1, 0.15) is 70.8 Å². The summed E-state index contributed by atoms with van der Waals surface area (Å²) in [5.74, 6) is 0.362. The van der Waals surface area contributed by atoms with Crippen molar-refractivity contribution < 1.29 is 37.0 Å². The maximum absolute atomic E-state index is 12.9. The maximum atomic E-state index is 12.9. The first kappa shape index (κ1) is 41.9. The number of amides is 2. The third-order valence-electron chi connectivity index (χ3n) is 6.26. The predicted octanol–water partition coefficient (Wildman–Crippen LogP) is 8.24. The number of anilines is 3. The number of alkyl carbamates (subject to hydrolysis) is 1. The second-order valence-electron chi connectivity index (χ2n) is 12.6. The Balaban J connectivity index is 0.00000425. The molecular formula is C35H48BrF3N6O5. The van der Waals surface area contributed by atoms with E-state index in [0.29, 0.717) is 24.4 Å². The molecular weight excluding hydrogens is 721 g/mol. The summed E-state index contributed by atoms with van der Waals surface area (Å²) in [5.41, 5.74) is 0.711. The number of halogens is 4. The molecule has 0 atom stereocenters. The van der Waals surface area contributed by atoms with Crippen molar-refractivity contribution in [1.82, 2.24) is 20.6 Å². The molecule has 0 spiro atoms. The highest BCUT2D eigenvalue weighted by atomic mass is 79.9. The van der Waals surface area contributed by atoms with Crippen molar-refractivity contribution in [2.24, 2.45) is 5.41 Å². The van der Waals surface area contributed by atoms with Crippen LogP contribution in [0.5, 0.6) is 11.6 Å². The van der Waals surface area contributed by atoms with Gasteiger partial charge in [0.1, 0.15) is 17.2 Å². The molecule has 0 fully saturated rings. The second kappa shape index (κ2) is 19.8. The lowest BCUT2D eigenvalue weighted by molar-refractivity contribution is -0.154. The Morgan fingerprint density at radius 2 is 1.50 bits per heavy atom. The van der Waals surface area contributed by atoms with Crippen LogP contribution >= 0.6 is 15.9 Å². The molecule has 1 heterocycles. The van der Waals surface area contributed by atoms with Gasteiger partial charge in [0.15, 0.2) is 6.61 Å². The third-order valence-corrected chi connectivity index (χ3v) is 6.82. The smallest absolute Gasteiger partial charge is 0.422 e. The number of carbonyl (C=O) groups is 2. The first-order chi connectivity index (χ1) is 23.5. The molecule has 50 heavy (non-hydrogen) atoms. The topological polar surface area (TPSA) is 136 Å². The Morgan fingerprint density at radius 1 is 0.860 bits per heavy atom. The summed E-state index contributed by atoms with van der Waals surface area (Å²) in [5, 5.41) is 12.5. The van der Waals surface area contributed by atoms with E-state index in [1.807, 2.05) is 52.0 Å². The van der Waals surface area contributed by atoms with E-state index >= 15 is 0 Å². The van der Waals surface area contributed by atoms with E-state index in [0.717, 1.165) is 23.1 Å². The largest absolute Gasteiger partial charge is 0.494 e. The van der Waals surface area contributed by atoms with Crippen LogP contribution in [0.4, 0.5) is 35.4 Å². The van der Waals surface area contributed by atoms with Gasteiger partial charge in [0, 0.05) is 42.3 Å². The molecule has 4 N–H and O–H groups in total. The van der Waals surface area contributed by atoms with Crippen molar-refractivity contribution in [2.45, 2.75) is 73.2 Å². The predicted molar refractivity (Wildman–Crippen MR) is 193 cm³/mol. The first-order valence-electron chi connectivity index (χ1n) is 16.2. The number of hydrogen-bond acceptors (Lipinski definition) is 9. The highest BCUT2D eigenvalue weighted by molar-refractivity contribution is 9.09. The molecule has 0 aliphatic rings. The van der Waals surface area contributed by atoms with Gasteiger partial charge in [0.2, 0.25) is 11.8 Å². The van der Waals surface area contributed by atoms with Crippen LogP contribution in [0.25, 0.3) is 0 Å². The molecule has 11 nitrogen and oxygen atoms in total. The molecule has 0 aliphatic heterocycles. The molecule has 0 bridgehead atoms. The molecule has 0 saturated carbocycles. The normalized spacial score (nSPS) is 11.4. The van der Waals surface area contributed by atoms with Gasteiger partial charge in [-0.15, -0.1) is 0 Å². The monoisotopic (exact) mass is 768 g/mol. The Labute approximate surface area is 300 Å². The molecule has 0 saturated heterocycles. The second-order valence-corrected chi connectivity index (χ2v) is 13.4. The zero-order valence-corrected chi connectivity index (χ0v) is 31.2. The fourth-order valence-electron chi connectivity index (χ4n) is 3.89. The van der Waals surface area contributed by atoms with E-state index in [1.165, 1.54) is 6.07 Å². The number of aromatic nitrogens is 2. The minimum absolute atomic E-state index is 0.0505. The van der Waals surface area contributed by atoms with Crippen LogP contribution in [0, 0.1) is 5.41 Å². The number of ether oxygens (including phenoxy) is 3. The Kier molecular flexibility index (Phi) is 16.6. The molecule has 2 aromatic carbocycles. The average Bonchev–Trinajstić information content (AvgIpc) is 3.05. The summed E-state index contributed by atoms with van der Waals surface area (Å²) in [6.45, 7) is 13.1. The number of hydrogen-bond donors (Lipinski definition) is 4. The molecule has 0 radical (unpaired) electrons. The van der Waals surface area contributed by atoms with Crippen LogP contribution < -0.4 is 30.7 Å². The van der Waals surface area contributed by atoms with Crippen molar-refractivity contribution in [3.63, 3.8) is 0 Å². The lowest BCUT2D eigenvalue weighted by Crippen LogP contribution is -2.43. The van der Waals surface area contributed by atoms with Crippen molar-refractivity contribution in [3.05, 3.63) is 65.7 Å². The van der Waals surface area contributed by atoms with Gasteiger partial charge in [0.25, 0.3) is 5.91 Å². The number of nitrogens with one attached hydrogen (secondary N) is 4. The minimum Gasteiger partial charge on any atom is -0.494 e. The molecule has 0 unspecified atom stereocenters. The molecule has 2 amide bonds. The third kappa shape index (κ3) is 16.9. The van der Waals surface area contributed by atoms with Gasteiger partial charge in [-0.1, -0.05) is 55.8 Å². The molecule has 15 heteroatoms. The SMILES string of the molecule is CC.CC(C)(CNC(=O)OC(C)(C)C)CNC(=O)c1ccc(Nc2cc(OCC(F)(F)F)nc(NCc3ccc(OCCCBr)cc3)n2)cc1. The van der Waals surface area contributed by atoms with Crippen LogP contribution in [-0.2, 0) is 11.3 Å². The van der Waals surface area contributed by atoms with Crippen molar-refractivity contribution in [3.8, 4) is 11.6 Å². The van der Waals surface area contributed by atoms with Crippen molar-refractivity contribution >= 4 is 45.4 Å². The van der Waals surface area contributed by atoms with Gasteiger partial charge < -0.3 is 35.5 Å². The van der Waals surface area contributed by atoms with Crippen molar-refractivity contribution in [1.29, 1.82) is 0 Å². The van der Waals surface area contributed by atoms with E-state index < -0.39 is 29.9 Å². The minimum atomic E-state index is -4.55. The van der Waals surface area contributed by atoms with E-state index in [1.54, 1.807) is 45.0 Å². The Morgan fingerprint density at radius 3 is 2.10 bits per heavy atom. The summed E-state index contributed by atoms with van der Waals surface area (Å²) >= 11 is 3.36. The fourth-order valence-corrected chi connectivity index (χ4v) is 4.12. The standard InChI is InChI=1S/C33H42BrF3N6O5.C2H6/c1-31(2,3)48-30(45)40-20-32(4,5)19-39-28(44)23-9-11-24(12-10-23)41-26-17-27(47-21-33(35,36)37)43-29(42-26)38-18-22-7-13-25(14-8-22)46-16-6-15-34;1-2/h7-14,17H,6,15-16,18-21H2,1-5H3,(H,39,44)(H,40,45)(H2,38,41,42,43);1-2H3. The van der Waals surface area contributed by atoms with Crippen molar-refractivity contribution in [2.75, 3.05) is 42.3 Å². The van der Waals surface area contributed by atoms with Gasteiger partial charge in [-0.05, 0) is 74.6 Å². The summed E-state index contributed by atoms with van der Waals surface area (Å²) in [7, 11) is 0. The van der Waals surface area contributed by atoms with Crippen LogP contribution in [-0.4, -0.2) is 65.4 Å². The van der Waals surface area contributed by atoms with E-state index in [4.69, 9.17) is 14.2 Å². The molecule has 3 aromatic rings. The van der Waals surface area contributed by atoms with Gasteiger partial charge >= 0.3 is 12.3 Å². The lowest BCUT2D eigenvalue weighted by atomic mass is 9.93. The van der Waals surface area contributed by atoms with Gasteiger partial charge in [0.05, 0.1) is 6.61 Å². The zero-order chi connectivity index (χ0) is 37.4. The average molecular weight is 770 g/mol. The van der Waals surface area contributed by atoms with E-state index in [2.05, 4.69) is 47.2 Å². The maximum Gasteiger partial charge on any atom is 0.422 e. The fraction of sp³-hybridized carbons (Fsp3) is 0.486. The quantitative estimate of drug-likeness (QED) is 0.0839. The summed E-state index contributed by atoms with van der Waals surface area (Å²) in [6.07, 6.45) is -4.21. The molecule has 276 valence electrons. The van der Waals surface area contributed by atoms with Gasteiger partial charge in [-0.3, -0.25) is 4.79 Å². The Hall–Kier alpha value is -4.27. The lowest BCUT2D eigenvalue weighted by Gasteiger charge is -2.26. The number of alkyl halides is 4. The number of carbonyl (C=O) groups excluding carboxylic acids is 2. The highest BCUT2D eigenvalue weighted by Gasteiger charge is 2.29. The Bertz CT molecular complexity index is 1480. The molecule has 1 aromatic heterocycles. The highest BCUT2D eigenvalue weighted by Crippen LogP contribution is 2.24. The molecule has 3 rings (SSSR count). The number of benzene rings is 2. The summed E-state index contributed by atoms with van der Waals surface area (Å²) < 4.78 is 54.4.